The van der Waals surface area contributed by atoms with Crippen molar-refractivity contribution in [3.05, 3.63) is 68.8 Å². The van der Waals surface area contributed by atoms with Crippen molar-refractivity contribution >= 4 is 5.78 Å². The molecule has 2 aromatic rings. The fourth-order valence-corrected chi connectivity index (χ4v) is 16.4. The van der Waals surface area contributed by atoms with Crippen molar-refractivity contribution in [1.29, 1.82) is 0 Å². The van der Waals surface area contributed by atoms with Crippen LogP contribution in [0, 0.1) is 57.2 Å². The third-order valence-electron chi connectivity index (χ3n) is 19.7. The minimum Gasteiger partial charge on any atom is -0.431 e. The molecule has 3 N–H and O–H groups in total. The molecule has 306 valence electrons. The van der Waals surface area contributed by atoms with E-state index in [2.05, 4.69) is 27.7 Å². The molecular formula is C48H66O8. The van der Waals surface area contributed by atoms with Crippen molar-refractivity contribution in [3.8, 4) is 0 Å². The first kappa shape index (κ1) is 38.9. The molecule has 0 aromatic carbocycles. The lowest BCUT2D eigenvalue weighted by molar-refractivity contribution is -0.205. The van der Waals surface area contributed by atoms with E-state index in [1.165, 1.54) is 18.6 Å². The van der Waals surface area contributed by atoms with Crippen LogP contribution in [0.1, 0.15) is 166 Å². The molecule has 8 saturated carbocycles. The summed E-state index contributed by atoms with van der Waals surface area (Å²) in [5, 5.41) is 34.5. The number of hydrogen-bond donors (Lipinski definition) is 3. The van der Waals surface area contributed by atoms with Crippen molar-refractivity contribution in [1.82, 2.24) is 0 Å². The summed E-state index contributed by atoms with van der Waals surface area (Å²) in [6.45, 7) is 9.41. The minimum absolute atomic E-state index is 0.129. The first-order chi connectivity index (χ1) is 26.6. The monoisotopic (exact) mass is 770 g/mol. The van der Waals surface area contributed by atoms with E-state index in [0.717, 1.165) is 120 Å². The molecule has 0 bridgehead atoms. The number of fused-ring (bicyclic) bond motifs is 10. The van der Waals surface area contributed by atoms with Crippen molar-refractivity contribution in [3.63, 3.8) is 0 Å². The van der Waals surface area contributed by atoms with E-state index in [1.807, 2.05) is 12.1 Å². The van der Waals surface area contributed by atoms with Gasteiger partial charge < -0.3 is 24.2 Å². The van der Waals surface area contributed by atoms with E-state index >= 15 is 0 Å². The standard InChI is InChI=1S/C24H34O4.C24H32O4/c2*1-22-10-7-17(25)13-16(22)4-5-20-19(22)8-11-23(2)18(9-12-24(20,23)27)15-3-6-21(26)28-14-15/h3,6,14,16-20,25,27H,4-5,7-13H2,1-2H3;3,6,14,16,18-20,27H,4-5,7-13H2,1-2H3/t16-,17+,18-,19+,20-,22+,23-,24+;16-,18-,19+,20-,22+,23-,24+/m11/s1. The molecule has 10 rings (SSSR count). The highest BCUT2D eigenvalue weighted by Crippen LogP contribution is 2.72. The maximum absolute atomic E-state index is 12.2. The topological polar surface area (TPSA) is 138 Å². The normalized spacial score (nSPS) is 49.2. The third-order valence-corrected chi connectivity index (χ3v) is 19.7. The molecule has 0 aliphatic heterocycles. The smallest absolute Gasteiger partial charge is 0.335 e. The highest BCUT2D eigenvalue weighted by molar-refractivity contribution is 5.79. The summed E-state index contributed by atoms with van der Waals surface area (Å²) in [6.07, 6.45) is 20.8. The Bertz CT molecular complexity index is 1910. The fraction of sp³-hybridized carbons (Fsp3) is 0.771. The molecule has 8 aliphatic carbocycles. The van der Waals surface area contributed by atoms with Crippen molar-refractivity contribution in [2.45, 2.75) is 172 Å². The van der Waals surface area contributed by atoms with Gasteiger partial charge in [0.15, 0.2) is 0 Å². The maximum Gasteiger partial charge on any atom is 0.335 e. The van der Waals surface area contributed by atoms with Gasteiger partial charge in [0.25, 0.3) is 0 Å². The predicted octanol–water partition coefficient (Wildman–Crippen LogP) is 8.69. The minimum atomic E-state index is -0.661. The van der Waals surface area contributed by atoms with Crippen LogP contribution in [0.3, 0.4) is 0 Å². The average molecular weight is 771 g/mol. The van der Waals surface area contributed by atoms with Crippen LogP contribution in [-0.4, -0.2) is 38.4 Å². The largest absolute Gasteiger partial charge is 0.431 e. The van der Waals surface area contributed by atoms with Crippen LogP contribution >= 0.6 is 0 Å². The van der Waals surface area contributed by atoms with E-state index in [0.29, 0.717) is 41.3 Å². The Kier molecular flexibility index (Phi) is 9.38. The molecule has 8 aliphatic rings. The fourth-order valence-electron chi connectivity index (χ4n) is 16.4. The number of carbonyl (C=O) groups excluding carboxylic acids is 1. The molecule has 0 saturated heterocycles. The van der Waals surface area contributed by atoms with Gasteiger partial charge in [-0.1, -0.05) is 27.7 Å². The van der Waals surface area contributed by atoms with E-state index in [4.69, 9.17) is 8.83 Å². The van der Waals surface area contributed by atoms with Crippen LogP contribution in [-0.2, 0) is 4.79 Å². The molecule has 0 amide bonds. The molecule has 8 heteroatoms. The molecule has 2 heterocycles. The van der Waals surface area contributed by atoms with Gasteiger partial charge in [-0.05, 0) is 184 Å². The van der Waals surface area contributed by atoms with Gasteiger partial charge in [0, 0.05) is 35.8 Å². The van der Waals surface area contributed by atoms with Crippen LogP contribution in [0.15, 0.2) is 55.2 Å². The quantitative estimate of drug-likeness (QED) is 0.276. The predicted molar refractivity (Wildman–Crippen MR) is 213 cm³/mol. The summed E-state index contributed by atoms with van der Waals surface area (Å²) in [7, 11) is 0. The average Bonchev–Trinajstić information content (AvgIpc) is 3.62. The summed E-state index contributed by atoms with van der Waals surface area (Å²) in [5.74, 6) is 3.78. The zero-order valence-corrected chi connectivity index (χ0v) is 34.3. The summed E-state index contributed by atoms with van der Waals surface area (Å²) < 4.78 is 10.3. The lowest BCUT2D eigenvalue weighted by atomic mass is 9.43. The van der Waals surface area contributed by atoms with Crippen LogP contribution in [0.2, 0.25) is 0 Å². The van der Waals surface area contributed by atoms with Gasteiger partial charge in [-0.25, -0.2) is 9.59 Å². The molecular weight excluding hydrogens is 705 g/mol. The number of aliphatic hydroxyl groups excluding tert-OH is 1. The van der Waals surface area contributed by atoms with Crippen molar-refractivity contribution in [2.24, 2.45) is 57.2 Å². The zero-order chi connectivity index (χ0) is 39.5. The summed E-state index contributed by atoms with van der Waals surface area (Å²) in [4.78, 5) is 34.9. The number of ketones is 1. The van der Waals surface area contributed by atoms with Crippen LogP contribution < -0.4 is 11.3 Å². The maximum atomic E-state index is 12.2. The number of Topliss-reactive ketones (excluding diaryl/α,β-unsaturated/α-hetero) is 1. The van der Waals surface area contributed by atoms with E-state index < -0.39 is 11.2 Å². The molecule has 0 radical (unpaired) electrons. The van der Waals surface area contributed by atoms with E-state index in [9.17, 15) is 29.7 Å². The molecule has 8 fully saturated rings. The Morgan fingerprint density at radius 2 is 1.05 bits per heavy atom. The molecule has 8 nitrogen and oxygen atoms in total. The van der Waals surface area contributed by atoms with Crippen LogP contribution in [0.4, 0.5) is 0 Å². The van der Waals surface area contributed by atoms with Gasteiger partial charge in [-0.3, -0.25) is 4.79 Å². The first-order valence-corrected chi connectivity index (χ1v) is 22.4. The Morgan fingerprint density at radius 1 is 0.554 bits per heavy atom. The van der Waals surface area contributed by atoms with Crippen LogP contribution in [0.5, 0.6) is 0 Å². The zero-order valence-electron chi connectivity index (χ0n) is 34.3. The van der Waals surface area contributed by atoms with Gasteiger partial charge in [0.1, 0.15) is 5.78 Å². The number of carbonyl (C=O) groups is 1. The highest BCUT2D eigenvalue weighted by Gasteiger charge is 2.69. The molecule has 0 spiro atoms. The van der Waals surface area contributed by atoms with Crippen molar-refractivity contribution in [2.75, 3.05) is 0 Å². The Labute approximate surface area is 332 Å². The van der Waals surface area contributed by atoms with Crippen LogP contribution in [0.25, 0.3) is 0 Å². The molecule has 56 heavy (non-hydrogen) atoms. The number of rotatable bonds is 2. The number of aliphatic hydroxyl groups is 3. The second-order valence-corrected chi connectivity index (χ2v) is 21.4. The van der Waals surface area contributed by atoms with Gasteiger partial charge in [-0.15, -0.1) is 0 Å². The first-order valence-electron chi connectivity index (χ1n) is 22.4. The molecule has 2 aromatic heterocycles. The summed E-state index contributed by atoms with van der Waals surface area (Å²) >= 11 is 0. The third kappa shape index (κ3) is 5.56. The Hall–Kier alpha value is -2.55. The van der Waals surface area contributed by atoms with Gasteiger partial charge >= 0.3 is 11.3 Å². The lowest BCUT2D eigenvalue weighted by Gasteiger charge is -2.63. The number of hydrogen-bond acceptors (Lipinski definition) is 8. The van der Waals surface area contributed by atoms with E-state index in [-0.39, 0.29) is 50.9 Å². The molecule has 0 unspecified atom stereocenters. The Morgan fingerprint density at radius 3 is 1.55 bits per heavy atom. The SMILES string of the molecule is C[C@]12CCC(=O)C[C@H]1CC[C@@H]1[C@@H]2CC[C@]2(C)[C@@H](c3ccc(=O)oc3)CC[C@]12O.C[C@]12CC[C@H](O)C[C@H]1CC[C@@H]1[C@@H]2CC[C@]2(C)[C@@H](c3ccc(=O)oc3)CC[C@]12O. The van der Waals surface area contributed by atoms with Gasteiger partial charge in [-0.2, -0.15) is 0 Å². The van der Waals surface area contributed by atoms with Gasteiger partial charge in [0.2, 0.25) is 0 Å². The molecule has 15 atom stereocenters. The van der Waals surface area contributed by atoms with E-state index in [1.54, 1.807) is 12.5 Å². The Balaban J connectivity index is 0.000000146. The second kappa shape index (κ2) is 13.5. The van der Waals surface area contributed by atoms with Crippen molar-refractivity contribution < 1.29 is 28.9 Å². The summed E-state index contributed by atoms with van der Waals surface area (Å²) in [6, 6.07) is 6.82. The summed E-state index contributed by atoms with van der Waals surface area (Å²) in [5.41, 5.74) is 0.319. The highest BCUT2D eigenvalue weighted by atomic mass is 16.4. The van der Waals surface area contributed by atoms with Gasteiger partial charge in [0.05, 0.1) is 29.8 Å². The second-order valence-electron chi connectivity index (χ2n) is 21.4. The lowest BCUT2D eigenvalue weighted by Crippen LogP contribution is -2.62.